The molecule has 0 spiro atoms. The summed E-state index contributed by atoms with van der Waals surface area (Å²) >= 11 is 0. The zero-order valence-corrected chi connectivity index (χ0v) is 13.8. The SMILES string of the molecule is C[C@H]1[C@H](c2ccccc2)[C@H](C#N)[N@+]1(C)C/C=C/c1ccccc1. The first kappa shape index (κ1) is 15.5. The molecule has 1 saturated heterocycles. The Kier molecular flexibility index (Phi) is 4.32. The summed E-state index contributed by atoms with van der Waals surface area (Å²) in [6.45, 7) is 3.15. The van der Waals surface area contributed by atoms with E-state index in [2.05, 4.69) is 68.6 Å². The van der Waals surface area contributed by atoms with Crippen LogP contribution in [0.3, 0.4) is 0 Å². The number of likely N-dealkylation sites (tertiary alicyclic amines) is 1. The summed E-state index contributed by atoms with van der Waals surface area (Å²) in [4.78, 5) is 0. The molecule has 2 aromatic rings. The van der Waals surface area contributed by atoms with Crippen LogP contribution in [0, 0.1) is 11.3 Å². The van der Waals surface area contributed by atoms with Crippen molar-refractivity contribution in [1.82, 2.24) is 0 Å². The number of hydrogen-bond donors (Lipinski definition) is 0. The minimum absolute atomic E-state index is 0.0211. The summed E-state index contributed by atoms with van der Waals surface area (Å²) in [6.07, 6.45) is 4.36. The summed E-state index contributed by atoms with van der Waals surface area (Å²) < 4.78 is 0.791. The summed E-state index contributed by atoms with van der Waals surface area (Å²) in [5.41, 5.74) is 2.49. The van der Waals surface area contributed by atoms with Crippen LogP contribution in [0.25, 0.3) is 6.08 Å². The van der Waals surface area contributed by atoms with Gasteiger partial charge >= 0.3 is 0 Å². The van der Waals surface area contributed by atoms with E-state index in [0.29, 0.717) is 12.0 Å². The number of likely N-dealkylation sites (N-methyl/N-ethyl adjacent to an activating group) is 1. The predicted octanol–water partition coefficient (Wildman–Crippen LogP) is 4.22. The van der Waals surface area contributed by atoms with Crippen LogP contribution in [0.15, 0.2) is 66.7 Å². The molecule has 0 aromatic heterocycles. The fraction of sp³-hybridized carbons (Fsp3) is 0.286. The van der Waals surface area contributed by atoms with Gasteiger partial charge in [0.1, 0.15) is 18.0 Å². The minimum atomic E-state index is 0.0211. The van der Waals surface area contributed by atoms with E-state index >= 15 is 0 Å². The van der Waals surface area contributed by atoms with Gasteiger partial charge in [0, 0.05) is 0 Å². The third kappa shape index (κ3) is 2.81. The maximum Gasteiger partial charge on any atom is 0.189 e. The fourth-order valence-electron chi connectivity index (χ4n) is 3.76. The molecule has 0 amide bonds. The van der Waals surface area contributed by atoms with E-state index < -0.39 is 0 Å². The molecule has 23 heavy (non-hydrogen) atoms. The maximum atomic E-state index is 9.70. The molecule has 1 aliphatic heterocycles. The van der Waals surface area contributed by atoms with E-state index in [0.717, 1.165) is 11.0 Å². The molecule has 0 N–H and O–H groups in total. The topological polar surface area (TPSA) is 23.8 Å². The fourth-order valence-corrected chi connectivity index (χ4v) is 3.76. The molecule has 2 aromatic carbocycles. The van der Waals surface area contributed by atoms with Crippen molar-refractivity contribution >= 4 is 6.08 Å². The van der Waals surface area contributed by atoms with Gasteiger partial charge in [0.25, 0.3) is 0 Å². The third-order valence-electron chi connectivity index (χ3n) is 5.35. The van der Waals surface area contributed by atoms with E-state index in [1.807, 2.05) is 24.3 Å². The average molecular weight is 303 g/mol. The molecule has 0 saturated carbocycles. The Morgan fingerprint density at radius 3 is 2.26 bits per heavy atom. The van der Waals surface area contributed by atoms with Crippen LogP contribution in [0.2, 0.25) is 0 Å². The Bertz CT molecular complexity index is 715. The molecule has 2 heteroatoms. The van der Waals surface area contributed by atoms with Crippen molar-refractivity contribution in [2.45, 2.75) is 24.9 Å². The lowest BCUT2D eigenvalue weighted by atomic mass is 9.73. The zero-order chi connectivity index (χ0) is 16.3. The Labute approximate surface area is 138 Å². The smallest absolute Gasteiger partial charge is 0.189 e. The second-order valence-corrected chi connectivity index (χ2v) is 6.59. The first-order chi connectivity index (χ1) is 11.2. The highest BCUT2D eigenvalue weighted by Gasteiger charge is 2.58. The van der Waals surface area contributed by atoms with Gasteiger partial charge in [-0.25, -0.2) is 0 Å². The van der Waals surface area contributed by atoms with Gasteiger partial charge in [-0.3, -0.25) is 0 Å². The van der Waals surface area contributed by atoms with Crippen molar-refractivity contribution in [2.24, 2.45) is 0 Å². The van der Waals surface area contributed by atoms with Crippen LogP contribution in [0.5, 0.6) is 0 Å². The van der Waals surface area contributed by atoms with Gasteiger partial charge in [-0.1, -0.05) is 66.7 Å². The van der Waals surface area contributed by atoms with Crippen LogP contribution in [-0.2, 0) is 0 Å². The van der Waals surface area contributed by atoms with Crippen molar-refractivity contribution < 1.29 is 4.48 Å². The van der Waals surface area contributed by atoms with E-state index in [4.69, 9.17) is 0 Å². The number of nitrogens with zero attached hydrogens (tertiary/aromatic N) is 2. The van der Waals surface area contributed by atoms with E-state index in [1.54, 1.807) is 0 Å². The second kappa shape index (κ2) is 6.40. The highest BCUT2D eigenvalue weighted by molar-refractivity contribution is 5.48. The molecule has 1 fully saturated rings. The number of hydrogen-bond acceptors (Lipinski definition) is 1. The summed E-state index contributed by atoms with van der Waals surface area (Å²) in [6, 6.07) is 23.8. The van der Waals surface area contributed by atoms with Gasteiger partial charge in [-0.2, -0.15) is 5.26 Å². The Morgan fingerprint density at radius 1 is 1.04 bits per heavy atom. The van der Waals surface area contributed by atoms with Crippen molar-refractivity contribution in [3.63, 3.8) is 0 Å². The van der Waals surface area contributed by atoms with Crippen molar-refractivity contribution in [3.05, 3.63) is 77.9 Å². The molecule has 4 atom stereocenters. The van der Waals surface area contributed by atoms with Gasteiger partial charge < -0.3 is 4.48 Å². The summed E-state index contributed by atoms with van der Waals surface area (Å²) in [5, 5.41) is 9.70. The number of benzene rings is 2. The standard InChI is InChI=1S/C21H23N2/c1-17-21(19-13-7-4-8-14-19)20(16-22)23(17,2)15-9-12-18-10-5-3-6-11-18/h3-14,17,20-21H,15H2,1-2H3/q+1/b12-9+/t17-,20-,21+,23+/m0/s1. The van der Waals surface area contributed by atoms with Crippen molar-refractivity contribution in [2.75, 3.05) is 13.6 Å². The maximum absolute atomic E-state index is 9.70. The lowest BCUT2D eigenvalue weighted by molar-refractivity contribution is -0.987. The molecular weight excluding hydrogens is 280 g/mol. The first-order valence-electron chi connectivity index (χ1n) is 8.18. The van der Waals surface area contributed by atoms with Gasteiger partial charge in [0.2, 0.25) is 0 Å². The second-order valence-electron chi connectivity index (χ2n) is 6.59. The molecule has 2 nitrogen and oxygen atoms in total. The molecular formula is C21H23N2+. The van der Waals surface area contributed by atoms with E-state index in [-0.39, 0.29) is 6.04 Å². The van der Waals surface area contributed by atoms with Gasteiger partial charge in [0.05, 0.1) is 13.6 Å². The minimum Gasteiger partial charge on any atom is -0.305 e. The van der Waals surface area contributed by atoms with Crippen LogP contribution < -0.4 is 0 Å². The Balaban J connectivity index is 1.74. The quantitative estimate of drug-likeness (QED) is 0.776. The normalized spacial score (nSPS) is 29.9. The van der Waals surface area contributed by atoms with Crippen LogP contribution in [0.1, 0.15) is 24.0 Å². The monoisotopic (exact) mass is 303 g/mol. The van der Waals surface area contributed by atoms with Gasteiger partial charge in [0.15, 0.2) is 6.04 Å². The molecule has 1 heterocycles. The number of nitriles is 1. The zero-order valence-electron chi connectivity index (χ0n) is 13.8. The van der Waals surface area contributed by atoms with Crippen LogP contribution in [0.4, 0.5) is 0 Å². The molecule has 3 rings (SSSR count). The molecule has 0 unspecified atom stereocenters. The Morgan fingerprint density at radius 2 is 1.65 bits per heavy atom. The Hall–Kier alpha value is -2.37. The highest BCUT2D eigenvalue weighted by atomic mass is 15.4. The van der Waals surface area contributed by atoms with Crippen molar-refractivity contribution in [1.29, 1.82) is 5.26 Å². The van der Waals surface area contributed by atoms with E-state index in [1.165, 1.54) is 11.1 Å². The van der Waals surface area contributed by atoms with Gasteiger partial charge in [-0.05, 0) is 24.1 Å². The average Bonchev–Trinajstić information content (AvgIpc) is 2.60. The van der Waals surface area contributed by atoms with E-state index in [9.17, 15) is 5.26 Å². The third-order valence-corrected chi connectivity index (χ3v) is 5.35. The molecule has 0 aliphatic carbocycles. The largest absolute Gasteiger partial charge is 0.305 e. The van der Waals surface area contributed by atoms with Gasteiger partial charge in [-0.15, -0.1) is 0 Å². The highest BCUT2D eigenvalue weighted by Crippen LogP contribution is 2.45. The number of rotatable bonds is 4. The molecule has 116 valence electrons. The summed E-state index contributed by atoms with van der Waals surface area (Å²) in [7, 11) is 2.20. The number of quaternary nitrogens is 1. The van der Waals surface area contributed by atoms with Crippen molar-refractivity contribution in [3.8, 4) is 6.07 Å². The molecule has 1 aliphatic rings. The lowest BCUT2D eigenvalue weighted by Gasteiger charge is -2.57. The lowest BCUT2D eigenvalue weighted by Crippen LogP contribution is -2.72. The van der Waals surface area contributed by atoms with Crippen LogP contribution >= 0.6 is 0 Å². The molecule has 0 bridgehead atoms. The molecule has 0 radical (unpaired) electrons. The van der Waals surface area contributed by atoms with Crippen LogP contribution in [-0.4, -0.2) is 30.2 Å². The first-order valence-corrected chi connectivity index (χ1v) is 8.18. The predicted molar refractivity (Wildman–Crippen MR) is 94.6 cm³/mol. The summed E-state index contributed by atoms with van der Waals surface area (Å²) in [5.74, 6) is 0.330.